The summed E-state index contributed by atoms with van der Waals surface area (Å²) in [5.74, 6) is 0. The molecular formula is C2H24Na2O17. The summed E-state index contributed by atoms with van der Waals surface area (Å²) >= 11 is 0. The molecule has 0 spiro atoms. The average Bonchev–Trinajstić information content (AvgIpc) is 1.25. The van der Waals surface area contributed by atoms with Crippen LogP contribution in [0.1, 0.15) is 0 Å². The summed E-state index contributed by atoms with van der Waals surface area (Å²) in [6.45, 7) is 0. The van der Waals surface area contributed by atoms with Gasteiger partial charge in [-0.1, -0.05) is 0 Å². The van der Waals surface area contributed by atoms with Crippen LogP contribution in [-0.2, 0) is 0 Å². The summed E-state index contributed by atoms with van der Waals surface area (Å²) in [5, 5.41) is 30.6. The monoisotopic (exact) mass is 366 g/mol. The van der Waals surface area contributed by atoms with Gasteiger partial charge in [-0.2, -0.15) is 0 Å². The Bertz CT molecular complexity index is 76.8. The third-order valence-corrected chi connectivity index (χ3v) is 0. The Kier molecular flexibility index (Phi) is 2150. The van der Waals surface area contributed by atoms with E-state index in [2.05, 4.69) is 0 Å². The average molecular weight is 366 g/mol. The summed E-state index contributed by atoms with van der Waals surface area (Å²) in [5.41, 5.74) is 0. The molecule has 0 fully saturated rings. The molecule has 0 aliphatic rings. The molecule has 136 valence electrons. The Morgan fingerprint density at radius 2 is 0.524 bits per heavy atom. The van der Waals surface area contributed by atoms with E-state index in [9.17, 15) is 0 Å². The van der Waals surface area contributed by atoms with Crippen molar-refractivity contribution in [2.45, 2.75) is 0 Å². The molecule has 0 aromatic heterocycles. The molecule has 24 N–H and O–H groups in total. The van der Waals surface area contributed by atoms with Gasteiger partial charge in [0.1, 0.15) is 0 Å². The van der Waals surface area contributed by atoms with Crippen molar-refractivity contribution < 1.29 is 149 Å². The van der Waals surface area contributed by atoms with Gasteiger partial charge < -0.3 is 85.5 Å². The Morgan fingerprint density at radius 3 is 0.524 bits per heavy atom. The van der Waals surface area contributed by atoms with Crippen molar-refractivity contribution in [3.63, 3.8) is 0 Å². The Balaban J connectivity index is -0.00000000163. The van der Waals surface area contributed by atoms with Crippen LogP contribution in [0.15, 0.2) is 0 Å². The van der Waals surface area contributed by atoms with Gasteiger partial charge in [-0.25, -0.2) is 4.79 Å². The fraction of sp³-hybridized carbons (Fsp3) is 0. The second kappa shape index (κ2) is 197. The summed E-state index contributed by atoms with van der Waals surface area (Å²) in [4.78, 5) is 16.9. The van der Waals surface area contributed by atoms with E-state index in [-0.39, 0.29) is 119 Å². The van der Waals surface area contributed by atoms with E-state index >= 15 is 0 Å². The van der Waals surface area contributed by atoms with Gasteiger partial charge in [0, 0.05) is 0 Å². The van der Waals surface area contributed by atoms with E-state index in [1.54, 1.807) is 0 Å². The van der Waals surface area contributed by atoms with Crippen LogP contribution < -0.4 is 69.3 Å². The fourth-order valence-electron chi connectivity index (χ4n) is 0. The van der Waals surface area contributed by atoms with Crippen molar-refractivity contribution in [3.8, 4) is 0 Å². The number of carbonyl (C=O) groups is 2. The maximum atomic E-state index is 8.56. The van der Waals surface area contributed by atoms with E-state index in [0.717, 1.165) is 0 Å². The standard InChI is InChI=1S/2CH2O3.2Na.11H2O/c2*2-1(3)4;;;;;;;;;;;;;/h2*(H2,2,3,4);;;11*1H2/q;;2*+1;;;;;;;;;;;/p-2. The van der Waals surface area contributed by atoms with Crippen molar-refractivity contribution in [2.24, 2.45) is 0 Å². The molecule has 0 aromatic carbocycles. The maximum absolute atomic E-state index is 8.56. The van der Waals surface area contributed by atoms with Gasteiger partial charge in [0.2, 0.25) is 0 Å². The van der Waals surface area contributed by atoms with Gasteiger partial charge in [-0.05, 0) is 6.16 Å². The quantitative estimate of drug-likeness (QED) is 0.391. The number of rotatable bonds is 0. The molecule has 0 bridgehead atoms. The van der Waals surface area contributed by atoms with Crippen LogP contribution in [0.25, 0.3) is 0 Å². The van der Waals surface area contributed by atoms with Crippen molar-refractivity contribution in [2.75, 3.05) is 0 Å². The second-order valence-corrected chi connectivity index (χ2v) is 0.533. The zero-order valence-corrected chi connectivity index (χ0v) is 15.0. The minimum absolute atomic E-state index is 0. The molecule has 0 atom stereocenters. The summed E-state index contributed by atoms with van der Waals surface area (Å²) in [6, 6.07) is 0. The SMILES string of the molecule is O.O.O.O.O.O.O.O.O.O.O.O=C(O)O.O=C([O-])[O-].[Na+].[Na+]. The number of carbonyl (C=O) groups excluding carboxylic acids is 1. The van der Waals surface area contributed by atoms with Crippen molar-refractivity contribution >= 4 is 12.3 Å². The smallest absolute Gasteiger partial charge is 0.652 e. The topological polar surface area (TPSA) is 467 Å². The van der Waals surface area contributed by atoms with E-state index in [4.69, 9.17) is 30.0 Å². The molecule has 0 amide bonds. The van der Waals surface area contributed by atoms with Gasteiger partial charge in [0.25, 0.3) is 0 Å². The van der Waals surface area contributed by atoms with Crippen molar-refractivity contribution in [1.82, 2.24) is 0 Å². The summed E-state index contributed by atoms with van der Waals surface area (Å²) < 4.78 is 0. The van der Waals surface area contributed by atoms with Crippen LogP contribution in [0.3, 0.4) is 0 Å². The second-order valence-electron chi connectivity index (χ2n) is 0.533. The minimum atomic E-state index is -2.33. The molecule has 21 heavy (non-hydrogen) atoms. The molecule has 0 aliphatic carbocycles. The molecule has 0 heterocycles. The first-order valence-corrected chi connectivity index (χ1v) is 1.26. The molecule has 0 radical (unpaired) electrons. The van der Waals surface area contributed by atoms with Crippen LogP contribution in [-0.4, -0.2) is 82.8 Å². The van der Waals surface area contributed by atoms with Gasteiger partial charge in [0.15, 0.2) is 0 Å². The molecule has 0 saturated heterocycles. The van der Waals surface area contributed by atoms with Crippen LogP contribution >= 0.6 is 0 Å². The van der Waals surface area contributed by atoms with Crippen molar-refractivity contribution in [1.29, 1.82) is 0 Å². The Hall–Kier alpha value is 0.100. The third kappa shape index (κ3) is 658000. The normalized spacial score (nSPS) is 2.29. The minimum Gasteiger partial charge on any atom is -0.652 e. The Morgan fingerprint density at radius 1 is 0.524 bits per heavy atom. The predicted octanol–water partition coefficient (Wildman–Crippen LogP) is -17.3. The maximum Gasteiger partial charge on any atom is 1.00 e. The van der Waals surface area contributed by atoms with Crippen LogP contribution in [0, 0.1) is 0 Å². The zero-order chi connectivity index (χ0) is 7.15. The number of hydrogen-bond donors (Lipinski definition) is 2. The first kappa shape index (κ1) is 229. The molecular weight excluding hydrogens is 342 g/mol. The van der Waals surface area contributed by atoms with Gasteiger partial charge in [-0.15, -0.1) is 0 Å². The fourth-order valence-corrected chi connectivity index (χ4v) is 0. The van der Waals surface area contributed by atoms with Gasteiger partial charge >= 0.3 is 65.3 Å². The van der Waals surface area contributed by atoms with Crippen LogP contribution in [0.4, 0.5) is 9.59 Å². The third-order valence-electron chi connectivity index (χ3n) is 0. The van der Waals surface area contributed by atoms with E-state index in [1.807, 2.05) is 0 Å². The van der Waals surface area contributed by atoms with E-state index in [1.165, 1.54) is 0 Å². The van der Waals surface area contributed by atoms with Crippen LogP contribution in [0.5, 0.6) is 0 Å². The van der Waals surface area contributed by atoms with Crippen molar-refractivity contribution in [3.05, 3.63) is 0 Å². The number of carboxylic acid groups (broad SMARTS) is 4. The van der Waals surface area contributed by atoms with E-state index in [0.29, 0.717) is 0 Å². The van der Waals surface area contributed by atoms with Gasteiger partial charge in [0.05, 0.1) is 0 Å². The number of hydrogen-bond acceptors (Lipinski definition) is 4. The largest absolute Gasteiger partial charge is 1.00 e. The first-order valence-electron chi connectivity index (χ1n) is 1.26. The van der Waals surface area contributed by atoms with Gasteiger partial charge in [-0.3, -0.25) is 0 Å². The molecule has 19 heteroatoms. The predicted molar refractivity (Wildman–Crippen MR) is 55.8 cm³/mol. The molecule has 0 rings (SSSR count). The van der Waals surface area contributed by atoms with E-state index < -0.39 is 12.3 Å². The summed E-state index contributed by atoms with van der Waals surface area (Å²) in [7, 11) is 0. The first-order chi connectivity index (χ1) is 3.46. The molecule has 0 aromatic rings. The molecule has 0 saturated carbocycles. The molecule has 17 nitrogen and oxygen atoms in total. The Labute approximate surface area is 161 Å². The molecule has 0 unspecified atom stereocenters. The summed E-state index contributed by atoms with van der Waals surface area (Å²) in [6.07, 6.45) is -4.17. The van der Waals surface area contributed by atoms with Crippen LogP contribution in [0.2, 0.25) is 0 Å². The zero-order valence-electron chi connectivity index (χ0n) is 11.0. The molecule has 0 aliphatic heterocycles.